The number of hydrogen-bond acceptors (Lipinski definition) is 4. The van der Waals surface area contributed by atoms with Gasteiger partial charge in [-0.15, -0.1) is 0 Å². The van der Waals surface area contributed by atoms with Gasteiger partial charge in [-0.2, -0.15) is 0 Å². The Morgan fingerprint density at radius 3 is 1.34 bits per heavy atom. The van der Waals surface area contributed by atoms with Gasteiger partial charge >= 0.3 is 0 Å². The van der Waals surface area contributed by atoms with Crippen molar-refractivity contribution in [1.82, 2.24) is 9.80 Å². The van der Waals surface area contributed by atoms with E-state index in [4.69, 9.17) is 9.47 Å². The predicted octanol–water partition coefficient (Wildman–Crippen LogP) is 3.88. The zero-order chi connectivity index (χ0) is 22.8. The van der Waals surface area contributed by atoms with E-state index in [0.29, 0.717) is 39.4 Å². The van der Waals surface area contributed by atoms with E-state index in [1.807, 2.05) is 62.4 Å². The molecule has 3 rings (SSSR count). The predicted molar refractivity (Wildman–Crippen MR) is 126 cm³/mol. The molecule has 0 radical (unpaired) electrons. The maximum Gasteiger partial charge on any atom is 0.246 e. The van der Waals surface area contributed by atoms with E-state index in [2.05, 4.69) is 0 Å². The summed E-state index contributed by atoms with van der Waals surface area (Å²) >= 11 is 0. The number of ether oxygens (including phenoxy) is 2. The van der Waals surface area contributed by atoms with E-state index in [1.54, 1.807) is 34.1 Å². The van der Waals surface area contributed by atoms with Gasteiger partial charge in [0.15, 0.2) is 0 Å². The van der Waals surface area contributed by atoms with Crippen LogP contribution in [0.3, 0.4) is 0 Å². The Labute approximate surface area is 189 Å². The molecular weight excluding hydrogens is 404 g/mol. The second kappa shape index (κ2) is 11.7. The number of amides is 2. The molecule has 0 bridgehead atoms. The van der Waals surface area contributed by atoms with Crippen LogP contribution in [0.5, 0.6) is 11.5 Å². The molecule has 0 atom stereocenters. The number of hydrogen-bond donors (Lipinski definition) is 0. The molecule has 2 aromatic rings. The molecule has 1 saturated heterocycles. The number of carbonyl (C=O) groups is 2. The van der Waals surface area contributed by atoms with E-state index in [0.717, 1.165) is 22.6 Å². The maximum absolute atomic E-state index is 12.5. The van der Waals surface area contributed by atoms with Crippen molar-refractivity contribution in [3.05, 3.63) is 71.8 Å². The van der Waals surface area contributed by atoms with Gasteiger partial charge in [-0.25, -0.2) is 0 Å². The molecule has 0 spiro atoms. The number of benzene rings is 2. The molecule has 168 valence electrons. The Hall–Kier alpha value is -3.54. The van der Waals surface area contributed by atoms with Gasteiger partial charge in [0, 0.05) is 38.3 Å². The monoisotopic (exact) mass is 434 g/mol. The summed E-state index contributed by atoms with van der Waals surface area (Å²) in [7, 11) is 0. The molecule has 0 unspecified atom stereocenters. The van der Waals surface area contributed by atoms with Crippen LogP contribution in [-0.4, -0.2) is 61.0 Å². The molecule has 0 N–H and O–H groups in total. The lowest BCUT2D eigenvalue weighted by atomic mass is 10.2. The third-order valence-electron chi connectivity index (χ3n) is 5.12. The summed E-state index contributed by atoms with van der Waals surface area (Å²) in [5.74, 6) is 1.54. The first-order chi connectivity index (χ1) is 15.6. The van der Waals surface area contributed by atoms with E-state index in [1.165, 1.54) is 0 Å². The van der Waals surface area contributed by atoms with E-state index < -0.39 is 0 Å². The molecule has 6 heteroatoms. The minimum atomic E-state index is -0.0455. The van der Waals surface area contributed by atoms with E-state index in [-0.39, 0.29) is 11.8 Å². The molecule has 6 nitrogen and oxygen atoms in total. The Morgan fingerprint density at radius 2 is 1.03 bits per heavy atom. The second-order valence-corrected chi connectivity index (χ2v) is 7.32. The number of carbonyl (C=O) groups excluding carboxylic acids is 2. The summed E-state index contributed by atoms with van der Waals surface area (Å²) in [6, 6.07) is 15.2. The SMILES string of the molecule is CCOc1ccc(C=CC(=O)N2CCN(C(=O)C=Cc3ccc(OCC)cc3)CC2)cc1. The van der Waals surface area contributed by atoms with Crippen LogP contribution in [0.2, 0.25) is 0 Å². The van der Waals surface area contributed by atoms with Crippen molar-refractivity contribution in [2.45, 2.75) is 13.8 Å². The molecule has 32 heavy (non-hydrogen) atoms. The fourth-order valence-electron chi connectivity index (χ4n) is 3.38. The average Bonchev–Trinajstić information content (AvgIpc) is 2.83. The molecule has 1 aliphatic rings. The summed E-state index contributed by atoms with van der Waals surface area (Å²) in [4.78, 5) is 28.5. The second-order valence-electron chi connectivity index (χ2n) is 7.32. The lowest BCUT2D eigenvalue weighted by molar-refractivity contribution is -0.133. The minimum Gasteiger partial charge on any atom is -0.494 e. The van der Waals surface area contributed by atoms with Crippen molar-refractivity contribution in [3.63, 3.8) is 0 Å². The van der Waals surface area contributed by atoms with Crippen molar-refractivity contribution in [1.29, 1.82) is 0 Å². The Balaban J connectivity index is 1.46. The van der Waals surface area contributed by atoms with E-state index in [9.17, 15) is 9.59 Å². The Bertz CT molecular complexity index is 861. The number of rotatable bonds is 8. The summed E-state index contributed by atoms with van der Waals surface area (Å²) in [6.45, 7) is 7.23. The largest absolute Gasteiger partial charge is 0.494 e. The molecular formula is C26H30N2O4. The first-order valence-corrected chi connectivity index (χ1v) is 11.0. The van der Waals surface area contributed by atoms with Crippen molar-refractivity contribution < 1.29 is 19.1 Å². The van der Waals surface area contributed by atoms with Crippen LogP contribution >= 0.6 is 0 Å². The third-order valence-corrected chi connectivity index (χ3v) is 5.12. The normalized spacial score (nSPS) is 14.2. The molecule has 1 fully saturated rings. The highest BCUT2D eigenvalue weighted by Gasteiger charge is 2.21. The van der Waals surface area contributed by atoms with E-state index >= 15 is 0 Å². The lowest BCUT2D eigenvalue weighted by Crippen LogP contribution is -2.49. The van der Waals surface area contributed by atoms with Crippen molar-refractivity contribution in [3.8, 4) is 11.5 Å². The zero-order valence-electron chi connectivity index (χ0n) is 18.7. The van der Waals surface area contributed by atoms with Crippen molar-refractivity contribution in [2.24, 2.45) is 0 Å². The molecule has 0 aromatic heterocycles. The first-order valence-electron chi connectivity index (χ1n) is 11.0. The van der Waals surface area contributed by atoms with Gasteiger partial charge in [-0.05, 0) is 61.4 Å². The average molecular weight is 435 g/mol. The number of piperazine rings is 1. The van der Waals surface area contributed by atoms with Gasteiger partial charge in [-0.3, -0.25) is 9.59 Å². The summed E-state index contributed by atoms with van der Waals surface area (Å²) in [6.07, 6.45) is 6.77. The Morgan fingerprint density at radius 1 is 0.688 bits per heavy atom. The fourth-order valence-corrected chi connectivity index (χ4v) is 3.38. The Kier molecular flexibility index (Phi) is 8.49. The molecule has 0 aliphatic carbocycles. The molecule has 1 aliphatic heterocycles. The highest BCUT2D eigenvalue weighted by molar-refractivity contribution is 5.93. The number of nitrogens with zero attached hydrogens (tertiary/aromatic N) is 2. The fraction of sp³-hybridized carbons (Fsp3) is 0.308. The lowest BCUT2D eigenvalue weighted by Gasteiger charge is -2.33. The topological polar surface area (TPSA) is 59.1 Å². The van der Waals surface area contributed by atoms with Crippen LogP contribution in [0.1, 0.15) is 25.0 Å². The molecule has 0 saturated carbocycles. The van der Waals surface area contributed by atoms with Crippen LogP contribution in [0, 0.1) is 0 Å². The molecule has 1 heterocycles. The highest BCUT2D eigenvalue weighted by atomic mass is 16.5. The van der Waals surface area contributed by atoms with Gasteiger partial charge < -0.3 is 19.3 Å². The zero-order valence-corrected chi connectivity index (χ0v) is 18.7. The van der Waals surface area contributed by atoms with Crippen LogP contribution in [0.15, 0.2) is 60.7 Å². The van der Waals surface area contributed by atoms with Gasteiger partial charge in [-0.1, -0.05) is 24.3 Å². The van der Waals surface area contributed by atoms with Crippen LogP contribution in [-0.2, 0) is 9.59 Å². The molecule has 2 amide bonds. The maximum atomic E-state index is 12.5. The minimum absolute atomic E-state index is 0.0455. The quantitative estimate of drug-likeness (QED) is 0.592. The van der Waals surface area contributed by atoms with Crippen LogP contribution in [0.4, 0.5) is 0 Å². The van der Waals surface area contributed by atoms with Gasteiger partial charge in [0.2, 0.25) is 11.8 Å². The summed E-state index contributed by atoms with van der Waals surface area (Å²) in [5.41, 5.74) is 1.88. The summed E-state index contributed by atoms with van der Waals surface area (Å²) in [5, 5.41) is 0. The van der Waals surface area contributed by atoms with Gasteiger partial charge in [0.1, 0.15) is 11.5 Å². The summed E-state index contributed by atoms with van der Waals surface area (Å²) < 4.78 is 10.9. The van der Waals surface area contributed by atoms with Crippen LogP contribution < -0.4 is 9.47 Å². The van der Waals surface area contributed by atoms with Gasteiger partial charge in [0.05, 0.1) is 13.2 Å². The smallest absolute Gasteiger partial charge is 0.246 e. The molecule has 2 aromatic carbocycles. The highest BCUT2D eigenvalue weighted by Crippen LogP contribution is 2.15. The van der Waals surface area contributed by atoms with Crippen molar-refractivity contribution >= 4 is 24.0 Å². The first kappa shape index (κ1) is 23.1. The standard InChI is InChI=1S/C26H30N2O4/c1-3-31-23-11-5-21(6-12-23)9-15-25(29)27-17-19-28(20-18-27)26(30)16-10-22-7-13-24(14-8-22)32-4-2/h5-16H,3-4,17-20H2,1-2H3. The van der Waals surface area contributed by atoms with Crippen molar-refractivity contribution in [2.75, 3.05) is 39.4 Å². The van der Waals surface area contributed by atoms with Gasteiger partial charge in [0.25, 0.3) is 0 Å². The van der Waals surface area contributed by atoms with Crippen LogP contribution in [0.25, 0.3) is 12.2 Å². The third kappa shape index (κ3) is 6.74.